The monoisotopic (exact) mass is 362 g/mol. The Morgan fingerprint density at radius 2 is 2.10 bits per heavy atom. The smallest absolute Gasteiger partial charge is 0.338 e. The number of aromatic carboxylic acids is 1. The lowest BCUT2D eigenvalue weighted by atomic mass is 10.0. The third-order valence-corrected chi connectivity index (χ3v) is 4.64. The average molecular weight is 363 g/mol. The molecule has 0 radical (unpaired) electrons. The molecule has 0 bridgehead atoms. The van der Waals surface area contributed by atoms with Crippen LogP contribution < -0.4 is 0 Å². The maximum absolute atomic E-state index is 13.4. The second-order valence-electron chi connectivity index (χ2n) is 4.64. The van der Waals surface area contributed by atoms with Crippen LogP contribution >= 0.6 is 27.7 Å². The molecular formula is C14H16BrFO3S. The van der Waals surface area contributed by atoms with E-state index in [0.29, 0.717) is 15.8 Å². The van der Waals surface area contributed by atoms with E-state index in [0.717, 1.165) is 30.7 Å². The van der Waals surface area contributed by atoms with Gasteiger partial charge >= 0.3 is 5.97 Å². The molecule has 1 unspecified atom stereocenters. The van der Waals surface area contributed by atoms with Crippen LogP contribution in [0.15, 0.2) is 21.5 Å². The SMILES string of the molecule is CCCC(C)CC(=O)Sc1cc(C(=O)O)c(F)cc1Br. The summed E-state index contributed by atoms with van der Waals surface area (Å²) in [6, 6.07) is 2.27. The van der Waals surface area contributed by atoms with Crippen LogP contribution in [0, 0.1) is 11.7 Å². The molecule has 110 valence electrons. The summed E-state index contributed by atoms with van der Waals surface area (Å²) < 4.78 is 13.8. The fourth-order valence-corrected chi connectivity index (χ4v) is 3.32. The summed E-state index contributed by atoms with van der Waals surface area (Å²) >= 11 is 4.10. The van der Waals surface area contributed by atoms with Crippen LogP contribution in [0.2, 0.25) is 0 Å². The molecule has 0 fully saturated rings. The number of halogens is 2. The van der Waals surface area contributed by atoms with Gasteiger partial charge in [-0.05, 0) is 34.0 Å². The lowest BCUT2D eigenvalue weighted by molar-refractivity contribution is -0.111. The molecule has 0 aliphatic rings. The van der Waals surface area contributed by atoms with Crippen molar-refractivity contribution in [3.05, 3.63) is 28.0 Å². The van der Waals surface area contributed by atoms with Crippen LogP contribution in [0.5, 0.6) is 0 Å². The molecule has 1 aromatic carbocycles. The minimum Gasteiger partial charge on any atom is -0.478 e. The van der Waals surface area contributed by atoms with Crippen LogP contribution in [0.25, 0.3) is 0 Å². The standard InChI is InChI=1S/C14H16BrFO3S/c1-3-4-8(2)5-13(17)20-12-6-9(14(18)19)11(16)7-10(12)15/h6-8H,3-5H2,1-2H3,(H,18,19). The van der Waals surface area contributed by atoms with Gasteiger partial charge in [0, 0.05) is 15.8 Å². The van der Waals surface area contributed by atoms with Crippen molar-refractivity contribution in [3.63, 3.8) is 0 Å². The molecule has 0 aliphatic carbocycles. The third kappa shape index (κ3) is 4.90. The lowest BCUT2D eigenvalue weighted by Crippen LogP contribution is -2.04. The summed E-state index contributed by atoms with van der Waals surface area (Å²) in [6.45, 7) is 4.06. The number of carboxylic acids is 1. The summed E-state index contributed by atoms with van der Waals surface area (Å²) in [7, 11) is 0. The topological polar surface area (TPSA) is 54.4 Å². The molecule has 1 N–H and O–H groups in total. The molecule has 6 heteroatoms. The van der Waals surface area contributed by atoms with Crippen molar-refractivity contribution >= 4 is 38.8 Å². The minimum absolute atomic E-state index is 0.0467. The van der Waals surface area contributed by atoms with Gasteiger partial charge in [-0.1, -0.05) is 38.5 Å². The van der Waals surface area contributed by atoms with E-state index in [1.54, 1.807) is 0 Å². The normalized spacial score (nSPS) is 12.2. The molecule has 0 amide bonds. The predicted octanol–water partition coefficient (Wildman–Crippen LogP) is 4.73. The van der Waals surface area contributed by atoms with E-state index in [2.05, 4.69) is 22.9 Å². The number of hydrogen-bond acceptors (Lipinski definition) is 3. The Morgan fingerprint density at radius 3 is 2.65 bits per heavy atom. The van der Waals surface area contributed by atoms with Gasteiger partial charge in [-0.15, -0.1) is 0 Å². The van der Waals surface area contributed by atoms with Gasteiger partial charge < -0.3 is 5.11 Å². The van der Waals surface area contributed by atoms with E-state index in [1.165, 1.54) is 6.07 Å². The number of rotatable bonds is 6. The van der Waals surface area contributed by atoms with Crippen LogP contribution in [0.3, 0.4) is 0 Å². The van der Waals surface area contributed by atoms with Crippen molar-refractivity contribution in [1.82, 2.24) is 0 Å². The van der Waals surface area contributed by atoms with Crippen molar-refractivity contribution < 1.29 is 19.1 Å². The van der Waals surface area contributed by atoms with Crippen LogP contribution in [0.4, 0.5) is 4.39 Å². The number of benzene rings is 1. The van der Waals surface area contributed by atoms with Gasteiger partial charge in [0.25, 0.3) is 0 Å². The first kappa shape index (κ1) is 17.2. The van der Waals surface area contributed by atoms with E-state index in [-0.39, 0.29) is 11.0 Å². The zero-order chi connectivity index (χ0) is 15.3. The molecule has 0 spiro atoms. The molecule has 0 saturated carbocycles. The number of carboxylic acid groups (broad SMARTS) is 1. The van der Waals surface area contributed by atoms with Gasteiger partial charge in [-0.2, -0.15) is 0 Å². The summed E-state index contributed by atoms with van der Waals surface area (Å²) in [6.07, 6.45) is 2.41. The lowest BCUT2D eigenvalue weighted by Gasteiger charge is -2.10. The molecule has 1 rings (SSSR count). The van der Waals surface area contributed by atoms with Gasteiger partial charge in [0.15, 0.2) is 5.12 Å². The van der Waals surface area contributed by atoms with E-state index < -0.39 is 17.3 Å². The molecule has 0 saturated heterocycles. The molecule has 20 heavy (non-hydrogen) atoms. The molecule has 1 aromatic rings. The highest BCUT2D eigenvalue weighted by atomic mass is 79.9. The summed E-state index contributed by atoms with van der Waals surface area (Å²) in [5.74, 6) is -1.87. The van der Waals surface area contributed by atoms with Crippen LogP contribution in [-0.4, -0.2) is 16.2 Å². The Bertz CT molecular complexity index is 519. The van der Waals surface area contributed by atoms with E-state index in [4.69, 9.17) is 5.11 Å². The Morgan fingerprint density at radius 1 is 1.45 bits per heavy atom. The Balaban J connectivity index is 2.84. The van der Waals surface area contributed by atoms with Crippen molar-refractivity contribution in [2.24, 2.45) is 5.92 Å². The Hall–Kier alpha value is -0.880. The molecule has 0 aromatic heterocycles. The number of carbonyl (C=O) groups excluding carboxylic acids is 1. The first-order valence-corrected chi connectivity index (χ1v) is 7.89. The Labute approximate surface area is 130 Å². The highest BCUT2D eigenvalue weighted by Gasteiger charge is 2.17. The minimum atomic E-state index is -1.34. The molecule has 0 aliphatic heterocycles. The maximum atomic E-state index is 13.4. The van der Waals surface area contributed by atoms with Gasteiger partial charge in [0.2, 0.25) is 0 Å². The number of carbonyl (C=O) groups is 2. The van der Waals surface area contributed by atoms with Crippen molar-refractivity contribution in [3.8, 4) is 0 Å². The van der Waals surface area contributed by atoms with E-state index >= 15 is 0 Å². The van der Waals surface area contributed by atoms with E-state index in [9.17, 15) is 14.0 Å². The van der Waals surface area contributed by atoms with Gasteiger partial charge in [-0.25, -0.2) is 9.18 Å². The number of thioether (sulfide) groups is 1. The predicted molar refractivity (Wildman–Crippen MR) is 80.6 cm³/mol. The van der Waals surface area contributed by atoms with Gasteiger partial charge in [0.05, 0.1) is 5.56 Å². The summed E-state index contributed by atoms with van der Waals surface area (Å²) in [5.41, 5.74) is -0.426. The first-order chi connectivity index (χ1) is 9.35. The Kier molecular flexibility index (Phi) is 6.68. The molecule has 0 heterocycles. The molecular weight excluding hydrogens is 347 g/mol. The fraction of sp³-hybridized carbons (Fsp3) is 0.429. The van der Waals surface area contributed by atoms with Gasteiger partial charge in [0.1, 0.15) is 5.82 Å². The maximum Gasteiger partial charge on any atom is 0.338 e. The van der Waals surface area contributed by atoms with Crippen molar-refractivity contribution in [1.29, 1.82) is 0 Å². The first-order valence-electron chi connectivity index (χ1n) is 6.28. The van der Waals surface area contributed by atoms with Crippen LogP contribution in [-0.2, 0) is 4.79 Å². The summed E-state index contributed by atoms with van der Waals surface area (Å²) in [5, 5.41) is 8.83. The quantitative estimate of drug-likeness (QED) is 0.743. The summed E-state index contributed by atoms with van der Waals surface area (Å²) in [4.78, 5) is 23.2. The zero-order valence-corrected chi connectivity index (χ0v) is 13.7. The largest absolute Gasteiger partial charge is 0.478 e. The van der Waals surface area contributed by atoms with Crippen LogP contribution in [0.1, 0.15) is 43.5 Å². The van der Waals surface area contributed by atoms with Crippen molar-refractivity contribution in [2.45, 2.75) is 38.0 Å². The second kappa shape index (κ2) is 7.78. The van der Waals surface area contributed by atoms with E-state index in [1.807, 2.05) is 6.92 Å². The highest BCUT2D eigenvalue weighted by molar-refractivity contribution is 9.10. The highest BCUT2D eigenvalue weighted by Crippen LogP contribution is 2.32. The second-order valence-corrected chi connectivity index (χ2v) is 6.59. The third-order valence-electron chi connectivity index (χ3n) is 2.77. The number of hydrogen-bond donors (Lipinski definition) is 1. The molecule has 1 atom stereocenters. The average Bonchev–Trinajstić information content (AvgIpc) is 2.32. The zero-order valence-electron chi connectivity index (χ0n) is 11.3. The van der Waals surface area contributed by atoms with Gasteiger partial charge in [-0.3, -0.25) is 4.79 Å². The molecule has 3 nitrogen and oxygen atoms in total. The fourth-order valence-electron chi connectivity index (χ4n) is 1.81. The van der Waals surface area contributed by atoms with Crippen molar-refractivity contribution in [2.75, 3.05) is 0 Å².